The molecular formula is C8H15O5P. The van der Waals surface area contributed by atoms with Gasteiger partial charge < -0.3 is 14.8 Å². The monoisotopic (exact) mass is 222 g/mol. The summed E-state index contributed by atoms with van der Waals surface area (Å²) >= 11 is 0. The summed E-state index contributed by atoms with van der Waals surface area (Å²) in [6, 6.07) is 0. The van der Waals surface area contributed by atoms with Gasteiger partial charge in [-0.3, -0.25) is 4.79 Å². The lowest BCUT2D eigenvalue weighted by Gasteiger charge is -2.16. The van der Waals surface area contributed by atoms with Gasteiger partial charge >= 0.3 is 5.97 Å². The summed E-state index contributed by atoms with van der Waals surface area (Å²) < 4.78 is 11.0. The summed E-state index contributed by atoms with van der Waals surface area (Å²) in [4.78, 5) is 21.5. The van der Waals surface area contributed by atoms with Crippen molar-refractivity contribution in [3.63, 3.8) is 0 Å². The Morgan fingerprint density at radius 3 is 2.14 bits per heavy atom. The molecule has 0 fully saturated rings. The summed E-state index contributed by atoms with van der Waals surface area (Å²) in [6.07, 6.45) is -0.495. The van der Waals surface area contributed by atoms with Crippen LogP contribution >= 0.6 is 7.80 Å². The van der Waals surface area contributed by atoms with Gasteiger partial charge in [0, 0.05) is 12.1 Å². The van der Waals surface area contributed by atoms with E-state index in [0.717, 1.165) is 0 Å². The first-order valence-corrected chi connectivity index (χ1v) is 6.12. The molecule has 2 atom stereocenters. The number of carbonyl (C=O) groups is 2. The SMILES string of the molecule is CC(C)C(C[PH](=O)CO)C(=O)C(=O)O. The summed E-state index contributed by atoms with van der Waals surface area (Å²) in [7, 11) is -2.23. The molecular weight excluding hydrogens is 207 g/mol. The number of aliphatic carboxylic acids is 1. The fourth-order valence-corrected chi connectivity index (χ4v) is 2.38. The molecule has 0 rings (SSSR count). The van der Waals surface area contributed by atoms with E-state index in [9.17, 15) is 14.2 Å². The van der Waals surface area contributed by atoms with Crippen LogP contribution in [0.2, 0.25) is 0 Å². The highest BCUT2D eigenvalue weighted by molar-refractivity contribution is 7.44. The van der Waals surface area contributed by atoms with Gasteiger partial charge in [0.15, 0.2) is 0 Å². The number of carboxylic acid groups (broad SMARTS) is 1. The molecule has 14 heavy (non-hydrogen) atoms. The van der Waals surface area contributed by atoms with Crippen LogP contribution in [0.25, 0.3) is 0 Å². The molecule has 82 valence electrons. The topological polar surface area (TPSA) is 91.7 Å². The van der Waals surface area contributed by atoms with Gasteiger partial charge in [0.05, 0.1) is 6.35 Å². The van der Waals surface area contributed by atoms with Gasteiger partial charge in [-0.05, 0) is 5.92 Å². The molecule has 0 aromatic carbocycles. The Hall–Kier alpha value is -0.670. The third kappa shape index (κ3) is 4.03. The van der Waals surface area contributed by atoms with E-state index in [2.05, 4.69) is 0 Å². The van der Waals surface area contributed by atoms with Crippen molar-refractivity contribution in [3.05, 3.63) is 0 Å². The standard InChI is InChI=1S/C8H15O5P/c1-5(2)6(3-14(13)4-9)7(10)8(11)12/h5-6,9,14H,3-4H2,1-2H3,(H,11,12). The quantitative estimate of drug-likeness (QED) is 0.502. The van der Waals surface area contributed by atoms with Crippen LogP contribution in [0, 0.1) is 11.8 Å². The van der Waals surface area contributed by atoms with Crippen LogP contribution in [0.1, 0.15) is 13.8 Å². The minimum atomic E-state index is -2.23. The van der Waals surface area contributed by atoms with Crippen molar-refractivity contribution in [2.24, 2.45) is 11.8 Å². The largest absolute Gasteiger partial charge is 0.475 e. The van der Waals surface area contributed by atoms with E-state index < -0.39 is 31.8 Å². The predicted molar refractivity (Wildman–Crippen MR) is 51.9 cm³/mol. The van der Waals surface area contributed by atoms with Crippen molar-refractivity contribution < 1.29 is 24.4 Å². The molecule has 5 nitrogen and oxygen atoms in total. The van der Waals surface area contributed by atoms with Crippen LogP contribution < -0.4 is 0 Å². The fourth-order valence-electron chi connectivity index (χ4n) is 1.10. The molecule has 0 heterocycles. The minimum Gasteiger partial charge on any atom is -0.475 e. The molecule has 0 bridgehead atoms. The molecule has 2 unspecified atom stereocenters. The molecule has 0 aromatic heterocycles. The van der Waals surface area contributed by atoms with Crippen molar-refractivity contribution in [2.75, 3.05) is 12.5 Å². The number of aliphatic hydroxyl groups is 1. The van der Waals surface area contributed by atoms with E-state index in [4.69, 9.17) is 10.2 Å². The smallest absolute Gasteiger partial charge is 0.372 e. The third-order valence-corrected chi connectivity index (χ3v) is 3.22. The molecule has 0 saturated heterocycles. The highest BCUT2D eigenvalue weighted by Crippen LogP contribution is 2.27. The number of hydrogen-bond donors (Lipinski definition) is 2. The molecule has 2 N–H and O–H groups in total. The number of carbonyl (C=O) groups excluding carboxylic acids is 1. The van der Waals surface area contributed by atoms with Crippen molar-refractivity contribution in [3.8, 4) is 0 Å². The molecule has 6 heteroatoms. The Balaban J connectivity index is 4.53. The van der Waals surface area contributed by atoms with Crippen LogP contribution in [0.3, 0.4) is 0 Å². The Kier molecular flexibility index (Phi) is 5.65. The first-order chi connectivity index (χ1) is 6.40. The molecule has 0 aromatic rings. The van der Waals surface area contributed by atoms with Crippen molar-refractivity contribution in [2.45, 2.75) is 13.8 Å². The summed E-state index contributed by atoms with van der Waals surface area (Å²) in [5, 5.41) is 17.0. The molecule has 0 radical (unpaired) electrons. The van der Waals surface area contributed by atoms with Crippen LogP contribution in [0.4, 0.5) is 0 Å². The van der Waals surface area contributed by atoms with Crippen molar-refractivity contribution in [1.82, 2.24) is 0 Å². The summed E-state index contributed by atoms with van der Waals surface area (Å²) in [5.41, 5.74) is 0. The van der Waals surface area contributed by atoms with Crippen LogP contribution in [0.5, 0.6) is 0 Å². The Bertz CT molecular complexity index is 248. The van der Waals surface area contributed by atoms with Gasteiger partial charge in [0.2, 0.25) is 5.78 Å². The fraction of sp³-hybridized carbons (Fsp3) is 0.750. The maximum absolute atomic E-state index is 11.1. The lowest BCUT2D eigenvalue weighted by molar-refractivity contribution is -0.151. The average molecular weight is 222 g/mol. The first kappa shape index (κ1) is 13.3. The molecule has 0 saturated carbocycles. The van der Waals surface area contributed by atoms with Gasteiger partial charge in [-0.2, -0.15) is 0 Å². The van der Waals surface area contributed by atoms with Gasteiger partial charge in [0.25, 0.3) is 0 Å². The zero-order valence-corrected chi connectivity index (χ0v) is 9.19. The maximum Gasteiger partial charge on any atom is 0.372 e. The van der Waals surface area contributed by atoms with E-state index >= 15 is 0 Å². The van der Waals surface area contributed by atoms with Crippen LogP contribution in [-0.2, 0) is 14.2 Å². The molecule has 0 aliphatic rings. The van der Waals surface area contributed by atoms with E-state index in [1.807, 2.05) is 0 Å². The Morgan fingerprint density at radius 1 is 1.36 bits per heavy atom. The van der Waals surface area contributed by atoms with Gasteiger partial charge in [-0.25, -0.2) is 4.79 Å². The number of carboxylic acids is 1. The zero-order chi connectivity index (χ0) is 11.3. The Morgan fingerprint density at radius 2 is 1.86 bits per heavy atom. The van der Waals surface area contributed by atoms with Gasteiger partial charge in [-0.1, -0.05) is 13.8 Å². The lowest BCUT2D eigenvalue weighted by Crippen LogP contribution is -2.29. The van der Waals surface area contributed by atoms with E-state index in [1.165, 1.54) is 0 Å². The van der Waals surface area contributed by atoms with Crippen LogP contribution in [-0.4, -0.2) is 34.5 Å². The second kappa shape index (κ2) is 5.94. The highest BCUT2D eigenvalue weighted by Gasteiger charge is 2.28. The molecule has 0 aliphatic heterocycles. The molecule has 0 amide bonds. The second-order valence-corrected chi connectivity index (χ2v) is 5.22. The minimum absolute atomic E-state index is 0.0238. The maximum atomic E-state index is 11.1. The number of rotatable bonds is 6. The van der Waals surface area contributed by atoms with E-state index in [0.29, 0.717) is 0 Å². The number of hydrogen-bond acceptors (Lipinski definition) is 4. The van der Waals surface area contributed by atoms with Crippen molar-refractivity contribution in [1.29, 1.82) is 0 Å². The summed E-state index contributed by atoms with van der Waals surface area (Å²) in [5.74, 6) is -3.37. The van der Waals surface area contributed by atoms with Crippen molar-refractivity contribution >= 4 is 19.6 Å². The van der Waals surface area contributed by atoms with E-state index in [-0.39, 0.29) is 12.1 Å². The van der Waals surface area contributed by atoms with E-state index in [1.54, 1.807) is 13.8 Å². The number of ketones is 1. The normalized spacial score (nSPS) is 15.1. The second-order valence-electron chi connectivity index (χ2n) is 3.42. The zero-order valence-electron chi connectivity index (χ0n) is 8.19. The van der Waals surface area contributed by atoms with Gasteiger partial charge in [0.1, 0.15) is 7.80 Å². The first-order valence-electron chi connectivity index (χ1n) is 4.29. The summed E-state index contributed by atoms with van der Waals surface area (Å²) in [6.45, 7) is 3.38. The average Bonchev–Trinajstić information content (AvgIpc) is 2.11. The lowest BCUT2D eigenvalue weighted by atomic mass is 9.93. The predicted octanol–water partition coefficient (Wildman–Crippen LogP) is 0.422. The Labute approximate surface area is 82.9 Å². The van der Waals surface area contributed by atoms with Gasteiger partial charge in [-0.15, -0.1) is 0 Å². The molecule has 0 spiro atoms. The van der Waals surface area contributed by atoms with Crippen LogP contribution in [0.15, 0.2) is 0 Å². The number of aliphatic hydroxyl groups excluding tert-OH is 1. The third-order valence-electron chi connectivity index (χ3n) is 1.98. The molecule has 0 aliphatic carbocycles. The number of Topliss-reactive ketones (excluding diaryl/α,β-unsaturated/α-hetero) is 1. The highest BCUT2D eigenvalue weighted by atomic mass is 31.1.